The summed E-state index contributed by atoms with van der Waals surface area (Å²) in [5, 5.41) is 16.2. The maximum atomic E-state index is 12.1. The number of furan rings is 1. The van der Waals surface area contributed by atoms with Gasteiger partial charge in [-0.3, -0.25) is 20.2 Å². The summed E-state index contributed by atoms with van der Waals surface area (Å²) in [5.74, 6) is -0.551. The molecule has 0 saturated heterocycles. The number of nitrogens with one attached hydrogen (secondary N) is 2. The first kappa shape index (κ1) is 15.5. The monoisotopic (exact) mass is 331 g/mol. The molecule has 9 heteroatoms. The molecule has 9 nitrogen and oxygen atoms in total. The van der Waals surface area contributed by atoms with E-state index in [4.69, 9.17) is 9.15 Å². The molecule has 3 rings (SSSR count). The number of hydrogen-bond donors (Lipinski definition) is 2. The van der Waals surface area contributed by atoms with Crippen LogP contribution in [0.25, 0.3) is 0 Å². The van der Waals surface area contributed by atoms with Crippen LogP contribution in [0.1, 0.15) is 29.8 Å². The average Bonchev–Trinajstić information content (AvgIpc) is 3.00. The van der Waals surface area contributed by atoms with Crippen LogP contribution in [0.15, 0.2) is 35.1 Å². The van der Waals surface area contributed by atoms with E-state index in [1.165, 1.54) is 30.7 Å². The van der Waals surface area contributed by atoms with E-state index < -0.39 is 22.5 Å². The normalized spacial score (nSPS) is 15.0. The summed E-state index contributed by atoms with van der Waals surface area (Å²) in [6.07, 6.45) is 1.85. The number of nitro benzene ring substituents is 1. The van der Waals surface area contributed by atoms with Crippen LogP contribution in [-0.4, -0.2) is 16.9 Å². The number of carbonyl (C=O) groups excluding carboxylic acids is 2. The number of rotatable bonds is 3. The lowest BCUT2D eigenvalue weighted by atomic mass is 9.93. The molecule has 1 aromatic carbocycles. The minimum atomic E-state index is -0.998. The number of carbonyl (C=O) groups is 2. The molecule has 0 spiro atoms. The van der Waals surface area contributed by atoms with Crippen molar-refractivity contribution in [3.63, 3.8) is 0 Å². The van der Waals surface area contributed by atoms with Gasteiger partial charge in [0.15, 0.2) is 0 Å². The Morgan fingerprint density at radius 1 is 1.38 bits per heavy atom. The van der Waals surface area contributed by atoms with Gasteiger partial charge in [-0.1, -0.05) is 0 Å². The Hall–Kier alpha value is -3.36. The predicted molar refractivity (Wildman–Crippen MR) is 82.9 cm³/mol. The summed E-state index contributed by atoms with van der Waals surface area (Å²) in [7, 11) is 0. The molecule has 2 amide bonds. The summed E-state index contributed by atoms with van der Waals surface area (Å²) in [6.45, 7) is 3.30. The van der Waals surface area contributed by atoms with E-state index in [0.29, 0.717) is 5.56 Å². The number of ether oxygens (including phenoxy) is 1. The van der Waals surface area contributed by atoms with Gasteiger partial charge in [0.1, 0.15) is 17.6 Å². The van der Waals surface area contributed by atoms with Gasteiger partial charge in [0.2, 0.25) is 0 Å². The van der Waals surface area contributed by atoms with Crippen LogP contribution < -0.4 is 10.6 Å². The van der Waals surface area contributed by atoms with Gasteiger partial charge in [0.05, 0.1) is 22.4 Å². The molecule has 0 unspecified atom stereocenters. The van der Waals surface area contributed by atoms with Gasteiger partial charge < -0.3 is 14.5 Å². The molecule has 2 aromatic rings. The highest BCUT2D eigenvalue weighted by Gasteiger charge is 2.36. The SMILES string of the molecule is CC1(C)OC(=O)Nc2cc([N+](=O)[O-])c(NC(=O)c3ccoc3)cc21. The van der Waals surface area contributed by atoms with Crippen molar-refractivity contribution in [2.75, 3.05) is 10.6 Å². The van der Waals surface area contributed by atoms with E-state index in [1.54, 1.807) is 13.8 Å². The summed E-state index contributed by atoms with van der Waals surface area (Å²) in [5.41, 5.74) is -0.339. The number of amides is 2. The van der Waals surface area contributed by atoms with E-state index in [1.807, 2.05) is 0 Å². The van der Waals surface area contributed by atoms with Crippen LogP contribution in [0.5, 0.6) is 0 Å². The van der Waals surface area contributed by atoms with Gasteiger partial charge in [-0.15, -0.1) is 0 Å². The average molecular weight is 331 g/mol. The van der Waals surface area contributed by atoms with Crippen molar-refractivity contribution in [3.8, 4) is 0 Å². The minimum absolute atomic E-state index is 0.00206. The van der Waals surface area contributed by atoms with Crippen molar-refractivity contribution in [2.45, 2.75) is 19.4 Å². The number of anilines is 2. The predicted octanol–water partition coefficient (Wildman–Crippen LogP) is 3.24. The smallest absolute Gasteiger partial charge is 0.412 e. The number of hydrogen-bond acceptors (Lipinski definition) is 6. The van der Waals surface area contributed by atoms with Gasteiger partial charge >= 0.3 is 6.09 Å². The zero-order valence-electron chi connectivity index (χ0n) is 12.8. The Morgan fingerprint density at radius 3 is 2.75 bits per heavy atom. The largest absolute Gasteiger partial charge is 0.472 e. The van der Waals surface area contributed by atoms with Crippen molar-refractivity contribution in [1.82, 2.24) is 0 Å². The maximum Gasteiger partial charge on any atom is 0.412 e. The van der Waals surface area contributed by atoms with Gasteiger partial charge in [0, 0.05) is 11.6 Å². The Labute approximate surface area is 135 Å². The number of fused-ring (bicyclic) bond motifs is 1. The molecule has 0 saturated carbocycles. The van der Waals surface area contributed by atoms with E-state index in [-0.39, 0.29) is 22.6 Å². The van der Waals surface area contributed by atoms with Crippen LogP contribution in [0.3, 0.4) is 0 Å². The van der Waals surface area contributed by atoms with Crippen LogP contribution in [0, 0.1) is 10.1 Å². The first-order chi connectivity index (χ1) is 11.3. The molecule has 24 heavy (non-hydrogen) atoms. The molecule has 0 bridgehead atoms. The molecule has 1 aliphatic heterocycles. The van der Waals surface area contributed by atoms with Gasteiger partial charge in [-0.2, -0.15) is 0 Å². The zero-order valence-corrected chi connectivity index (χ0v) is 12.8. The lowest BCUT2D eigenvalue weighted by molar-refractivity contribution is -0.383. The summed E-state index contributed by atoms with van der Waals surface area (Å²) < 4.78 is 10.0. The summed E-state index contributed by atoms with van der Waals surface area (Å²) >= 11 is 0. The number of cyclic esters (lactones) is 1. The van der Waals surface area contributed by atoms with Crippen LogP contribution in [-0.2, 0) is 10.3 Å². The molecular weight excluding hydrogens is 318 g/mol. The number of nitrogens with zero attached hydrogens (tertiary/aromatic N) is 1. The fraction of sp³-hybridized carbons (Fsp3) is 0.200. The maximum absolute atomic E-state index is 12.1. The molecule has 0 radical (unpaired) electrons. The topological polar surface area (TPSA) is 124 Å². The van der Waals surface area contributed by atoms with Gasteiger partial charge in [-0.25, -0.2) is 4.79 Å². The van der Waals surface area contributed by atoms with Crippen LogP contribution in [0.2, 0.25) is 0 Å². The molecule has 1 aliphatic rings. The third-order valence-corrected chi connectivity index (χ3v) is 3.60. The van der Waals surface area contributed by atoms with Crippen molar-refractivity contribution in [2.24, 2.45) is 0 Å². The van der Waals surface area contributed by atoms with Crippen molar-refractivity contribution >= 4 is 29.1 Å². The fourth-order valence-corrected chi connectivity index (χ4v) is 2.45. The second-order valence-electron chi connectivity index (χ2n) is 5.66. The quantitative estimate of drug-likeness (QED) is 0.657. The molecule has 2 heterocycles. The lowest BCUT2D eigenvalue weighted by Crippen LogP contribution is -2.35. The molecule has 1 aromatic heterocycles. The summed E-state index contributed by atoms with van der Waals surface area (Å²) in [4.78, 5) is 34.4. The molecule has 124 valence electrons. The Balaban J connectivity index is 2.07. The standard InChI is InChI=1S/C15H13N3O6/c1-15(2)9-5-11(16-13(19)8-3-4-23-7-8)12(18(21)22)6-10(9)17-14(20)24-15/h3-7H,1-2H3,(H,16,19)(H,17,20). The third kappa shape index (κ3) is 2.67. The van der Waals surface area contributed by atoms with Crippen molar-refractivity contribution in [1.29, 1.82) is 0 Å². The van der Waals surface area contributed by atoms with E-state index in [2.05, 4.69) is 10.6 Å². The van der Waals surface area contributed by atoms with Crippen molar-refractivity contribution in [3.05, 3.63) is 52.0 Å². The van der Waals surface area contributed by atoms with E-state index in [9.17, 15) is 19.7 Å². The molecular formula is C15H13N3O6. The highest BCUT2D eigenvalue weighted by atomic mass is 16.6. The lowest BCUT2D eigenvalue weighted by Gasteiger charge is -2.32. The molecule has 2 N–H and O–H groups in total. The van der Waals surface area contributed by atoms with E-state index in [0.717, 1.165) is 0 Å². The zero-order chi connectivity index (χ0) is 17.5. The summed E-state index contributed by atoms with van der Waals surface area (Å²) in [6, 6.07) is 4.06. The Morgan fingerprint density at radius 2 is 2.12 bits per heavy atom. The number of nitro groups is 1. The van der Waals surface area contributed by atoms with E-state index >= 15 is 0 Å². The van der Waals surface area contributed by atoms with Gasteiger partial charge in [0.25, 0.3) is 11.6 Å². The van der Waals surface area contributed by atoms with Crippen LogP contribution in [0.4, 0.5) is 21.9 Å². The van der Waals surface area contributed by atoms with Crippen molar-refractivity contribution < 1.29 is 23.7 Å². The molecule has 0 aliphatic carbocycles. The Bertz CT molecular complexity index is 841. The van der Waals surface area contributed by atoms with Crippen LogP contribution >= 0.6 is 0 Å². The highest BCUT2D eigenvalue weighted by molar-refractivity contribution is 6.05. The molecule has 0 fully saturated rings. The van der Waals surface area contributed by atoms with Gasteiger partial charge in [-0.05, 0) is 26.0 Å². The first-order valence-corrected chi connectivity index (χ1v) is 6.94. The minimum Gasteiger partial charge on any atom is -0.472 e. The number of benzene rings is 1. The highest BCUT2D eigenvalue weighted by Crippen LogP contribution is 2.41. The second-order valence-corrected chi connectivity index (χ2v) is 5.66. The third-order valence-electron chi connectivity index (χ3n) is 3.60. The molecule has 0 atom stereocenters. The second kappa shape index (κ2) is 5.37. The Kier molecular flexibility index (Phi) is 3.48. The fourth-order valence-electron chi connectivity index (χ4n) is 2.45. The first-order valence-electron chi connectivity index (χ1n) is 6.94.